The lowest BCUT2D eigenvalue weighted by atomic mass is 9.88. The van der Waals surface area contributed by atoms with Crippen LogP contribution in [-0.2, 0) is 9.59 Å². The fourth-order valence-corrected chi connectivity index (χ4v) is 4.32. The summed E-state index contributed by atoms with van der Waals surface area (Å²) in [5.74, 6) is 0.750. The average Bonchev–Trinajstić information content (AvgIpc) is 3.32. The topological polar surface area (TPSA) is 72.0 Å². The lowest BCUT2D eigenvalue weighted by molar-refractivity contribution is -0.118. The van der Waals surface area contributed by atoms with Crippen LogP contribution in [0.1, 0.15) is 43.6 Å². The van der Waals surface area contributed by atoms with Crippen molar-refractivity contribution in [1.29, 1.82) is 0 Å². The van der Waals surface area contributed by atoms with Crippen molar-refractivity contribution in [1.82, 2.24) is 9.97 Å². The maximum absolute atomic E-state index is 12.8. The average molecular weight is 376 g/mol. The second-order valence-electron chi connectivity index (χ2n) is 6.17. The number of aldehydes is 1. The maximum atomic E-state index is 12.8. The third-order valence-corrected chi connectivity index (χ3v) is 6.01. The van der Waals surface area contributed by atoms with Crippen LogP contribution >= 0.6 is 23.1 Å². The smallest absolute Gasteiger partial charge is 0.233 e. The SMILES string of the molecule is O=CCSc1ccc(C(CC2CCCC2)C(=O)Nc2nccs2)cn1. The van der Waals surface area contributed by atoms with Crippen LogP contribution in [0.25, 0.3) is 0 Å². The molecule has 1 amide bonds. The van der Waals surface area contributed by atoms with Crippen LogP contribution in [0, 0.1) is 5.92 Å². The molecule has 2 aromatic heterocycles. The van der Waals surface area contributed by atoms with E-state index in [1.165, 1.54) is 48.8 Å². The van der Waals surface area contributed by atoms with Crippen molar-refractivity contribution < 1.29 is 9.59 Å². The van der Waals surface area contributed by atoms with E-state index in [0.717, 1.165) is 23.3 Å². The maximum Gasteiger partial charge on any atom is 0.233 e. The van der Waals surface area contributed by atoms with Gasteiger partial charge in [-0.25, -0.2) is 9.97 Å². The summed E-state index contributed by atoms with van der Waals surface area (Å²) in [5.41, 5.74) is 0.927. The number of carbonyl (C=O) groups excluding carboxylic acids is 2. The van der Waals surface area contributed by atoms with Gasteiger partial charge in [-0.3, -0.25) is 4.79 Å². The first-order chi connectivity index (χ1) is 12.3. The highest BCUT2D eigenvalue weighted by atomic mass is 32.2. The Bertz CT molecular complexity index is 683. The van der Waals surface area contributed by atoms with E-state index in [2.05, 4.69) is 15.3 Å². The van der Waals surface area contributed by atoms with Gasteiger partial charge in [0.2, 0.25) is 5.91 Å². The van der Waals surface area contributed by atoms with Gasteiger partial charge < -0.3 is 10.1 Å². The molecular weight excluding hydrogens is 354 g/mol. The van der Waals surface area contributed by atoms with Gasteiger partial charge in [0, 0.05) is 17.8 Å². The van der Waals surface area contributed by atoms with Crippen LogP contribution in [0.2, 0.25) is 0 Å². The molecule has 2 heterocycles. The first kappa shape index (κ1) is 18.1. The second-order valence-corrected chi connectivity index (χ2v) is 8.11. The number of thiazole rings is 1. The molecule has 1 N–H and O–H groups in total. The summed E-state index contributed by atoms with van der Waals surface area (Å²) in [4.78, 5) is 31.9. The fraction of sp³-hybridized carbons (Fsp3) is 0.444. The van der Waals surface area contributed by atoms with E-state index in [4.69, 9.17) is 0 Å². The summed E-state index contributed by atoms with van der Waals surface area (Å²) in [6.45, 7) is 0. The first-order valence-electron chi connectivity index (χ1n) is 8.49. The molecule has 132 valence electrons. The predicted molar refractivity (Wildman–Crippen MR) is 101 cm³/mol. The zero-order valence-electron chi connectivity index (χ0n) is 13.9. The summed E-state index contributed by atoms with van der Waals surface area (Å²) >= 11 is 2.82. The Morgan fingerprint density at radius 1 is 1.36 bits per heavy atom. The Morgan fingerprint density at radius 3 is 2.84 bits per heavy atom. The highest BCUT2D eigenvalue weighted by Crippen LogP contribution is 2.35. The summed E-state index contributed by atoms with van der Waals surface area (Å²) < 4.78 is 0. The predicted octanol–water partition coefficient (Wildman–Crippen LogP) is 4.13. The molecule has 0 bridgehead atoms. The van der Waals surface area contributed by atoms with Crippen molar-refractivity contribution in [2.45, 2.75) is 43.0 Å². The van der Waals surface area contributed by atoms with Crippen molar-refractivity contribution in [2.75, 3.05) is 11.1 Å². The van der Waals surface area contributed by atoms with Gasteiger partial charge in [-0.05, 0) is 24.0 Å². The minimum absolute atomic E-state index is 0.0167. The number of thioether (sulfide) groups is 1. The number of hydrogen-bond acceptors (Lipinski definition) is 6. The van der Waals surface area contributed by atoms with Gasteiger partial charge in [0.15, 0.2) is 5.13 Å². The molecule has 1 aliphatic carbocycles. The van der Waals surface area contributed by atoms with Crippen molar-refractivity contribution in [3.05, 3.63) is 35.5 Å². The monoisotopic (exact) mass is 375 g/mol. The molecule has 0 aliphatic heterocycles. The molecule has 2 aromatic rings. The Labute approximate surface area is 155 Å². The third-order valence-electron chi connectivity index (χ3n) is 4.48. The molecular formula is C18H21N3O2S2. The number of hydrogen-bond donors (Lipinski definition) is 1. The van der Waals surface area contributed by atoms with E-state index in [9.17, 15) is 9.59 Å². The van der Waals surface area contributed by atoms with Gasteiger partial charge >= 0.3 is 0 Å². The Hall–Kier alpha value is -1.73. The molecule has 25 heavy (non-hydrogen) atoms. The molecule has 3 rings (SSSR count). The molecule has 7 heteroatoms. The van der Waals surface area contributed by atoms with E-state index in [-0.39, 0.29) is 11.8 Å². The molecule has 0 aromatic carbocycles. The minimum Gasteiger partial charge on any atom is -0.302 e. The van der Waals surface area contributed by atoms with Gasteiger partial charge in [0.25, 0.3) is 0 Å². The summed E-state index contributed by atoms with van der Waals surface area (Å²) in [6, 6.07) is 3.85. The van der Waals surface area contributed by atoms with Crippen molar-refractivity contribution in [3.8, 4) is 0 Å². The quantitative estimate of drug-likeness (QED) is 0.555. The number of nitrogens with zero attached hydrogens (tertiary/aromatic N) is 2. The lowest BCUT2D eigenvalue weighted by Gasteiger charge is -2.20. The summed E-state index contributed by atoms with van der Waals surface area (Å²) in [5, 5.41) is 6.22. The number of amides is 1. The molecule has 1 saturated carbocycles. The van der Waals surface area contributed by atoms with Gasteiger partial charge in [0.1, 0.15) is 6.29 Å². The van der Waals surface area contributed by atoms with Gasteiger partial charge in [-0.2, -0.15) is 0 Å². The molecule has 1 fully saturated rings. The van der Waals surface area contributed by atoms with Crippen molar-refractivity contribution in [2.24, 2.45) is 5.92 Å². The molecule has 1 unspecified atom stereocenters. The number of carbonyl (C=O) groups is 2. The third kappa shape index (κ3) is 5.12. The van der Waals surface area contributed by atoms with E-state index in [1.807, 2.05) is 17.5 Å². The Balaban J connectivity index is 1.74. The van der Waals surface area contributed by atoms with Crippen molar-refractivity contribution in [3.63, 3.8) is 0 Å². The minimum atomic E-state index is -0.218. The highest BCUT2D eigenvalue weighted by molar-refractivity contribution is 7.99. The van der Waals surface area contributed by atoms with E-state index in [0.29, 0.717) is 16.8 Å². The molecule has 1 aliphatic rings. The van der Waals surface area contributed by atoms with Crippen molar-refractivity contribution >= 4 is 40.4 Å². The lowest BCUT2D eigenvalue weighted by Crippen LogP contribution is -2.23. The van der Waals surface area contributed by atoms with Gasteiger partial charge in [-0.1, -0.05) is 43.5 Å². The second kappa shape index (κ2) is 9.10. The molecule has 0 radical (unpaired) electrons. The summed E-state index contributed by atoms with van der Waals surface area (Å²) in [6.07, 6.45) is 10.1. The first-order valence-corrected chi connectivity index (χ1v) is 10.4. The van der Waals surface area contributed by atoms with Crippen LogP contribution in [0.3, 0.4) is 0 Å². The number of nitrogens with one attached hydrogen (secondary N) is 1. The van der Waals surface area contributed by atoms with E-state index < -0.39 is 0 Å². The molecule has 0 spiro atoms. The van der Waals surface area contributed by atoms with E-state index in [1.54, 1.807) is 12.4 Å². The Morgan fingerprint density at radius 2 is 2.20 bits per heavy atom. The zero-order valence-corrected chi connectivity index (χ0v) is 15.5. The zero-order chi connectivity index (χ0) is 17.5. The number of rotatable bonds is 8. The highest BCUT2D eigenvalue weighted by Gasteiger charge is 2.27. The van der Waals surface area contributed by atoms with Crippen LogP contribution in [0.4, 0.5) is 5.13 Å². The van der Waals surface area contributed by atoms with Gasteiger partial charge in [0.05, 0.1) is 16.7 Å². The van der Waals surface area contributed by atoms with Crippen LogP contribution in [-0.4, -0.2) is 27.9 Å². The van der Waals surface area contributed by atoms with Gasteiger partial charge in [-0.15, -0.1) is 11.3 Å². The number of pyridine rings is 1. The van der Waals surface area contributed by atoms with Crippen LogP contribution in [0.5, 0.6) is 0 Å². The van der Waals surface area contributed by atoms with Crippen LogP contribution in [0.15, 0.2) is 34.9 Å². The number of anilines is 1. The molecule has 1 atom stereocenters. The van der Waals surface area contributed by atoms with Crippen LogP contribution < -0.4 is 5.32 Å². The normalized spacial score (nSPS) is 15.8. The number of aromatic nitrogens is 2. The fourth-order valence-electron chi connectivity index (χ4n) is 3.25. The molecule has 0 saturated heterocycles. The van der Waals surface area contributed by atoms with E-state index >= 15 is 0 Å². The largest absolute Gasteiger partial charge is 0.302 e. The Kier molecular flexibility index (Phi) is 6.58. The molecule has 5 nitrogen and oxygen atoms in total. The standard InChI is InChI=1S/C18H21N3O2S2/c22-8-10-24-16-6-5-14(12-20-16)15(11-13-3-1-2-4-13)17(23)21-18-19-7-9-25-18/h5-9,12-13,15H,1-4,10-11H2,(H,19,21,23). The summed E-state index contributed by atoms with van der Waals surface area (Å²) in [7, 11) is 0.